The lowest BCUT2D eigenvalue weighted by molar-refractivity contribution is 0.837. The molecule has 0 fully saturated rings. The van der Waals surface area contributed by atoms with Gasteiger partial charge in [0.25, 0.3) is 0 Å². The molecule has 0 saturated heterocycles. The zero-order chi connectivity index (χ0) is 13.1. The summed E-state index contributed by atoms with van der Waals surface area (Å²) in [6.45, 7) is 0.738. The molecule has 0 aliphatic rings. The highest BCUT2D eigenvalue weighted by molar-refractivity contribution is 5.51. The summed E-state index contributed by atoms with van der Waals surface area (Å²) in [5.74, 6) is 0. The molecule has 1 N–H and O–H groups in total. The monoisotopic (exact) mass is 254 g/mol. The molecule has 0 spiro atoms. The van der Waals surface area contributed by atoms with E-state index in [2.05, 4.69) is 26.6 Å². The van der Waals surface area contributed by atoms with Gasteiger partial charge in [0.15, 0.2) is 0 Å². The van der Waals surface area contributed by atoms with Crippen molar-refractivity contribution in [2.45, 2.75) is 6.54 Å². The maximum atomic E-state index is 4.09. The van der Waals surface area contributed by atoms with Crippen LogP contribution >= 0.6 is 0 Å². The molecule has 0 radical (unpaired) electrons. The molecular formula is C13H14N6. The molecule has 0 bridgehead atoms. The van der Waals surface area contributed by atoms with Crippen molar-refractivity contribution in [2.24, 2.45) is 7.05 Å². The number of nitrogens with zero attached hydrogens (tertiary/aromatic N) is 5. The number of hydrogen-bond acceptors (Lipinski definition) is 4. The van der Waals surface area contributed by atoms with Crippen molar-refractivity contribution in [3.05, 3.63) is 55.1 Å². The van der Waals surface area contributed by atoms with Gasteiger partial charge in [-0.25, -0.2) is 4.98 Å². The van der Waals surface area contributed by atoms with Gasteiger partial charge < -0.3 is 9.88 Å². The molecule has 3 aromatic rings. The molecule has 1 aromatic carbocycles. The Morgan fingerprint density at radius 2 is 2.00 bits per heavy atom. The van der Waals surface area contributed by atoms with E-state index in [1.165, 1.54) is 0 Å². The predicted octanol–water partition coefficient (Wildman–Crippen LogP) is 1.61. The van der Waals surface area contributed by atoms with Gasteiger partial charge in [0, 0.05) is 18.9 Å². The van der Waals surface area contributed by atoms with E-state index in [-0.39, 0.29) is 0 Å². The van der Waals surface area contributed by atoms with Crippen molar-refractivity contribution in [2.75, 3.05) is 5.32 Å². The Labute approximate surface area is 110 Å². The number of rotatable bonds is 4. The van der Waals surface area contributed by atoms with Crippen molar-refractivity contribution >= 4 is 5.69 Å². The fourth-order valence-electron chi connectivity index (χ4n) is 1.86. The standard InChI is InChI=1S/C13H14N6/c1-18-8-14-6-13(18)7-15-11-3-2-4-12(5-11)19-9-16-17-10-19/h2-6,8-10,15H,7H2,1H3. The van der Waals surface area contributed by atoms with Crippen molar-refractivity contribution in [1.82, 2.24) is 24.3 Å². The summed E-state index contributed by atoms with van der Waals surface area (Å²) >= 11 is 0. The first kappa shape index (κ1) is 11.5. The lowest BCUT2D eigenvalue weighted by atomic mass is 10.2. The second-order valence-electron chi connectivity index (χ2n) is 4.27. The maximum absolute atomic E-state index is 4.09. The second-order valence-corrected chi connectivity index (χ2v) is 4.27. The minimum atomic E-state index is 0.738. The van der Waals surface area contributed by atoms with Gasteiger partial charge in [-0.3, -0.25) is 4.57 Å². The Balaban J connectivity index is 1.75. The van der Waals surface area contributed by atoms with Gasteiger partial charge in [0.2, 0.25) is 0 Å². The Hall–Kier alpha value is -2.63. The Morgan fingerprint density at radius 1 is 1.16 bits per heavy atom. The van der Waals surface area contributed by atoms with Crippen LogP contribution < -0.4 is 5.32 Å². The number of nitrogens with one attached hydrogen (secondary N) is 1. The average molecular weight is 254 g/mol. The highest BCUT2D eigenvalue weighted by Gasteiger charge is 2.00. The number of aromatic nitrogens is 5. The zero-order valence-electron chi connectivity index (χ0n) is 10.6. The van der Waals surface area contributed by atoms with Crippen LogP contribution in [0.2, 0.25) is 0 Å². The van der Waals surface area contributed by atoms with E-state index in [9.17, 15) is 0 Å². The molecule has 0 amide bonds. The van der Waals surface area contributed by atoms with Gasteiger partial charge in [-0.05, 0) is 18.2 Å². The van der Waals surface area contributed by atoms with Crippen LogP contribution in [0.5, 0.6) is 0 Å². The molecule has 2 aromatic heterocycles. The third kappa shape index (κ3) is 2.47. The quantitative estimate of drug-likeness (QED) is 0.768. The van der Waals surface area contributed by atoms with E-state index >= 15 is 0 Å². The zero-order valence-corrected chi connectivity index (χ0v) is 10.6. The maximum Gasteiger partial charge on any atom is 0.123 e. The molecule has 0 unspecified atom stereocenters. The molecule has 0 saturated carbocycles. The lowest BCUT2D eigenvalue weighted by Gasteiger charge is -2.08. The number of benzene rings is 1. The molecule has 6 nitrogen and oxygen atoms in total. The van der Waals surface area contributed by atoms with E-state index in [0.29, 0.717) is 0 Å². The van der Waals surface area contributed by atoms with Crippen LogP contribution in [0.15, 0.2) is 49.4 Å². The summed E-state index contributed by atoms with van der Waals surface area (Å²) in [5, 5.41) is 11.0. The Morgan fingerprint density at radius 3 is 2.74 bits per heavy atom. The second kappa shape index (κ2) is 4.93. The molecule has 2 heterocycles. The van der Waals surface area contributed by atoms with Gasteiger partial charge in [0.05, 0.1) is 24.3 Å². The average Bonchev–Trinajstić information content (AvgIpc) is 3.08. The van der Waals surface area contributed by atoms with Crippen LogP contribution in [0.3, 0.4) is 0 Å². The predicted molar refractivity (Wildman–Crippen MR) is 71.9 cm³/mol. The molecular weight excluding hydrogens is 240 g/mol. The summed E-state index contributed by atoms with van der Waals surface area (Å²) in [7, 11) is 1.98. The van der Waals surface area contributed by atoms with Crippen molar-refractivity contribution in [3.8, 4) is 5.69 Å². The van der Waals surface area contributed by atoms with E-state index in [1.807, 2.05) is 40.6 Å². The smallest absolute Gasteiger partial charge is 0.123 e. The number of anilines is 1. The van der Waals surface area contributed by atoms with Crippen LogP contribution in [0.4, 0.5) is 5.69 Å². The van der Waals surface area contributed by atoms with Gasteiger partial charge in [-0.2, -0.15) is 0 Å². The van der Waals surface area contributed by atoms with E-state index < -0.39 is 0 Å². The third-order valence-electron chi connectivity index (χ3n) is 2.95. The molecule has 96 valence electrons. The molecule has 19 heavy (non-hydrogen) atoms. The highest BCUT2D eigenvalue weighted by Crippen LogP contribution is 2.14. The van der Waals surface area contributed by atoms with Crippen molar-refractivity contribution in [1.29, 1.82) is 0 Å². The fourth-order valence-corrected chi connectivity index (χ4v) is 1.86. The number of imidazole rings is 1. The van der Waals surface area contributed by atoms with Crippen molar-refractivity contribution < 1.29 is 0 Å². The van der Waals surface area contributed by atoms with Gasteiger partial charge in [-0.15, -0.1) is 10.2 Å². The lowest BCUT2D eigenvalue weighted by Crippen LogP contribution is -2.04. The first-order valence-corrected chi connectivity index (χ1v) is 5.97. The van der Waals surface area contributed by atoms with Crippen LogP contribution in [-0.2, 0) is 13.6 Å². The minimum absolute atomic E-state index is 0.738. The van der Waals surface area contributed by atoms with Gasteiger partial charge in [-0.1, -0.05) is 6.07 Å². The fraction of sp³-hybridized carbons (Fsp3) is 0.154. The summed E-state index contributed by atoms with van der Waals surface area (Å²) in [6.07, 6.45) is 7.02. The van der Waals surface area contributed by atoms with Crippen LogP contribution in [0.25, 0.3) is 5.69 Å². The summed E-state index contributed by atoms with van der Waals surface area (Å²) < 4.78 is 3.87. The minimum Gasteiger partial charge on any atom is -0.379 e. The van der Waals surface area contributed by atoms with E-state index in [0.717, 1.165) is 23.6 Å². The number of aryl methyl sites for hydroxylation is 1. The Bertz CT molecular complexity index is 655. The summed E-state index contributed by atoms with van der Waals surface area (Å²) in [6, 6.07) is 8.10. The van der Waals surface area contributed by atoms with E-state index in [4.69, 9.17) is 0 Å². The first-order chi connectivity index (χ1) is 9.33. The van der Waals surface area contributed by atoms with E-state index in [1.54, 1.807) is 19.0 Å². The molecule has 3 rings (SSSR count). The van der Waals surface area contributed by atoms with Crippen LogP contribution in [0.1, 0.15) is 5.69 Å². The van der Waals surface area contributed by atoms with Crippen molar-refractivity contribution in [3.63, 3.8) is 0 Å². The third-order valence-corrected chi connectivity index (χ3v) is 2.95. The van der Waals surface area contributed by atoms with Gasteiger partial charge >= 0.3 is 0 Å². The van der Waals surface area contributed by atoms with Gasteiger partial charge in [0.1, 0.15) is 12.7 Å². The van der Waals surface area contributed by atoms with Crippen LogP contribution in [-0.4, -0.2) is 24.3 Å². The molecule has 0 aliphatic heterocycles. The molecule has 0 atom stereocenters. The van der Waals surface area contributed by atoms with Crippen LogP contribution in [0, 0.1) is 0 Å². The molecule has 6 heteroatoms. The highest BCUT2D eigenvalue weighted by atomic mass is 15.2. The summed E-state index contributed by atoms with van der Waals surface area (Å²) in [4.78, 5) is 4.09. The Kier molecular flexibility index (Phi) is 2.97. The topological polar surface area (TPSA) is 60.6 Å². The normalized spacial score (nSPS) is 10.6. The largest absolute Gasteiger partial charge is 0.379 e. The first-order valence-electron chi connectivity index (χ1n) is 5.97. The SMILES string of the molecule is Cn1cncc1CNc1cccc(-n2cnnc2)c1. The summed E-state index contributed by atoms with van der Waals surface area (Å²) in [5.41, 5.74) is 3.21. The number of hydrogen-bond donors (Lipinski definition) is 1. The molecule has 0 aliphatic carbocycles.